The van der Waals surface area contributed by atoms with Gasteiger partial charge in [0.15, 0.2) is 23.1 Å². The SMILES string of the molecule is O=C(Nc1ccc(F)c(F)c1)c1ccc(N2CCCCC2)nn1. The molecule has 120 valence electrons. The van der Waals surface area contributed by atoms with Gasteiger partial charge in [-0.05, 0) is 43.5 Å². The Kier molecular flexibility index (Phi) is 4.45. The summed E-state index contributed by atoms with van der Waals surface area (Å²) in [6, 6.07) is 6.48. The highest BCUT2D eigenvalue weighted by molar-refractivity contribution is 6.02. The fraction of sp³-hybridized carbons (Fsp3) is 0.312. The largest absolute Gasteiger partial charge is 0.355 e. The van der Waals surface area contributed by atoms with Crippen LogP contribution in [0.15, 0.2) is 30.3 Å². The zero-order chi connectivity index (χ0) is 16.2. The maximum absolute atomic E-state index is 13.1. The van der Waals surface area contributed by atoms with Gasteiger partial charge in [-0.25, -0.2) is 8.78 Å². The maximum Gasteiger partial charge on any atom is 0.276 e. The number of nitrogens with zero attached hydrogens (tertiary/aromatic N) is 3. The fourth-order valence-corrected chi connectivity index (χ4v) is 2.51. The standard InChI is InChI=1S/C16H16F2N4O/c17-12-5-4-11(10-13(12)18)19-16(23)14-6-7-15(21-20-14)22-8-2-1-3-9-22/h4-7,10H,1-3,8-9H2,(H,19,23). The molecule has 0 saturated carbocycles. The molecule has 1 aromatic carbocycles. The molecule has 1 amide bonds. The Morgan fingerprint density at radius 2 is 1.78 bits per heavy atom. The molecule has 0 unspecified atom stereocenters. The van der Waals surface area contributed by atoms with E-state index in [2.05, 4.69) is 20.4 Å². The Balaban J connectivity index is 1.68. The molecule has 1 aliphatic rings. The van der Waals surface area contributed by atoms with Crippen molar-refractivity contribution in [1.29, 1.82) is 0 Å². The van der Waals surface area contributed by atoms with Gasteiger partial charge in [0, 0.05) is 24.8 Å². The summed E-state index contributed by atoms with van der Waals surface area (Å²) in [7, 11) is 0. The molecule has 0 bridgehead atoms. The zero-order valence-corrected chi connectivity index (χ0v) is 12.4. The van der Waals surface area contributed by atoms with E-state index < -0.39 is 17.5 Å². The van der Waals surface area contributed by atoms with Gasteiger partial charge < -0.3 is 10.2 Å². The molecule has 1 saturated heterocycles. The van der Waals surface area contributed by atoms with Crippen molar-refractivity contribution in [2.75, 3.05) is 23.3 Å². The number of aromatic nitrogens is 2. The number of carbonyl (C=O) groups excluding carboxylic acids is 1. The normalized spacial score (nSPS) is 14.6. The Bertz CT molecular complexity index is 700. The lowest BCUT2D eigenvalue weighted by molar-refractivity contribution is 0.102. The summed E-state index contributed by atoms with van der Waals surface area (Å²) >= 11 is 0. The Morgan fingerprint density at radius 1 is 1.00 bits per heavy atom. The van der Waals surface area contributed by atoms with Gasteiger partial charge in [0.25, 0.3) is 5.91 Å². The van der Waals surface area contributed by atoms with Gasteiger partial charge in [0.2, 0.25) is 0 Å². The fourth-order valence-electron chi connectivity index (χ4n) is 2.51. The third kappa shape index (κ3) is 3.61. The molecule has 0 spiro atoms. The van der Waals surface area contributed by atoms with E-state index in [1.54, 1.807) is 12.1 Å². The van der Waals surface area contributed by atoms with E-state index in [4.69, 9.17) is 0 Å². The minimum atomic E-state index is -1.02. The predicted molar refractivity (Wildman–Crippen MR) is 82.4 cm³/mol. The first-order valence-electron chi connectivity index (χ1n) is 7.48. The summed E-state index contributed by atoms with van der Waals surface area (Å²) in [6.07, 6.45) is 3.47. The molecule has 1 N–H and O–H groups in total. The number of benzene rings is 1. The number of hydrogen-bond donors (Lipinski definition) is 1. The van der Waals surface area contributed by atoms with Crippen LogP contribution >= 0.6 is 0 Å². The van der Waals surface area contributed by atoms with E-state index in [-0.39, 0.29) is 11.4 Å². The van der Waals surface area contributed by atoms with Crippen molar-refractivity contribution in [3.05, 3.63) is 47.7 Å². The first kappa shape index (κ1) is 15.3. The summed E-state index contributed by atoms with van der Waals surface area (Å²) in [6.45, 7) is 1.88. The molecule has 1 aromatic heterocycles. The average Bonchev–Trinajstić information content (AvgIpc) is 2.59. The number of hydrogen-bond acceptors (Lipinski definition) is 4. The van der Waals surface area contributed by atoms with E-state index >= 15 is 0 Å². The maximum atomic E-state index is 13.1. The van der Waals surface area contributed by atoms with Gasteiger partial charge in [-0.2, -0.15) is 0 Å². The van der Waals surface area contributed by atoms with E-state index in [0.29, 0.717) is 0 Å². The van der Waals surface area contributed by atoms with Crippen molar-refractivity contribution in [2.45, 2.75) is 19.3 Å². The zero-order valence-electron chi connectivity index (χ0n) is 12.4. The average molecular weight is 318 g/mol. The molecule has 1 fully saturated rings. The molecule has 2 aromatic rings. The van der Waals surface area contributed by atoms with Crippen LogP contribution in [0.4, 0.5) is 20.3 Å². The summed E-state index contributed by atoms with van der Waals surface area (Å²) < 4.78 is 26.0. The summed E-state index contributed by atoms with van der Waals surface area (Å²) in [5.74, 6) is -1.76. The second kappa shape index (κ2) is 6.68. The van der Waals surface area contributed by atoms with Crippen LogP contribution in [0.5, 0.6) is 0 Å². The van der Waals surface area contributed by atoms with E-state index in [9.17, 15) is 13.6 Å². The lowest BCUT2D eigenvalue weighted by atomic mass is 10.1. The van der Waals surface area contributed by atoms with Crippen molar-refractivity contribution in [1.82, 2.24) is 10.2 Å². The lowest BCUT2D eigenvalue weighted by Gasteiger charge is -2.27. The third-order valence-electron chi connectivity index (χ3n) is 3.74. The number of piperidine rings is 1. The summed E-state index contributed by atoms with van der Waals surface area (Å²) in [5.41, 5.74) is 0.284. The monoisotopic (exact) mass is 318 g/mol. The van der Waals surface area contributed by atoms with Crippen LogP contribution in [0.2, 0.25) is 0 Å². The molecule has 0 radical (unpaired) electrons. The minimum absolute atomic E-state index is 0.121. The minimum Gasteiger partial charge on any atom is -0.355 e. The van der Waals surface area contributed by atoms with Crippen LogP contribution in [0.1, 0.15) is 29.8 Å². The number of carbonyl (C=O) groups is 1. The number of amides is 1. The number of anilines is 2. The van der Waals surface area contributed by atoms with Gasteiger partial charge in [0.05, 0.1) is 0 Å². The van der Waals surface area contributed by atoms with Gasteiger partial charge >= 0.3 is 0 Å². The smallest absolute Gasteiger partial charge is 0.276 e. The molecule has 7 heteroatoms. The summed E-state index contributed by atoms with van der Waals surface area (Å²) in [5, 5.41) is 10.5. The number of halogens is 2. The van der Waals surface area contributed by atoms with E-state index in [0.717, 1.165) is 43.9 Å². The molecule has 5 nitrogen and oxygen atoms in total. The van der Waals surface area contributed by atoms with Crippen molar-refractivity contribution >= 4 is 17.4 Å². The summed E-state index contributed by atoms with van der Waals surface area (Å²) in [4.78, 5) is 14.2. The van der Waals surface area contributed by atoms with Crippen LogP contribution in [-0.2, 0) is 0 Å². The number of nitrogens with one attached hydrogen (secondary N) is 1. The lowest BCUT2D eigenvalue weighted by Crippen LogP contribution is -2.30. The first-order chi connectivity index (χ1) is 11.1. The van der Waals surface area contributed by atoms with Crippen molar-refractivity contribution in [3.63, 3.8) is 0 Å². The first-order valence-corrected chi connectivity index (χ1v) is 7.48. The highest BCUT2D eigenvalue weighted by Gasteiger charge is 2.14. The second-order valence-corrected chi connectivity index (χ2v) is 5.41. The predicted octanol–water partition coefficient (Wildman–Crippen LogP) is 3.00. The van der Waals surface area contributed by atoms with Gasteiger partial charge in [0.1, 0.15) is 0 Å². The molecule has 0 atom stereocenters. The molecular formula is C16H16F2N4O. The molecule has 23 heavy (non-hydrogen) atoms. The molecule has 1 aliphatic heterocycles. The van der Waals surface area contributed by atoms with Gasteiger partial charge in [-0.15, -0.1) is 10.2 Å². The molecule has 3 rings (SSSR count). The van der Waals surface area contributed by atoms with Crippen LogP contribution in [0.25, 0.3) is 0 Å². The Labute approximate surface area is 132 Å². The molecule has 0 aliphatic carbocycles. The topological polar surface area (TPSA) is 58.1 Å². The second-order valence-electron chi connectivity index (χ2n) is 5.41. The highest BCUT2D eigenvalue weighted by atomic mass is 19.2. The van der Waals surface area contributed by atoms with Crippen molar-refractivity contribution in [3.8, 4) is 0 Å². The molecule has 2 heterocycles. The van der Waals surface area contributed by atoms with Crippen LogP contribution in [0.3, 0.4) is 0 Å². The van der Waals surface area contributed by atoms with Gasteiger partial charge in [-0.3, -0.25) is 4.79 Å². The molecular weight excluding hydrogens is 302 g/mol. The van der Waals surface area contributed by atoms with E-state index in [1.807, 2.05) is 0 Å². The van der Waals surface area contributed by atoms with Crippen LogP contribution < -0.4 is 10.2 Å². The quantitative estimate of drug-likeness (QED) is 0.945. The van der Waals surface area contributed by atoms with Crippen molar-refractivity contribution in [2.24, 2.45) is 0 Å². The Morgan fingerprint density at radius 3 is 2.43 bits per heavy atom. The Hall–Kier alpha value is -2.57. The third-order valence-corrected chi connectivity index (χ3v) is 3.74. The van der Waals surface area contributed by atoms with Crippen LogP contribution in [0, 0.1) is 11.6 Å². The van der Waals surface area contributed by atoms with Crippen LogP contribution in [-0.4, -0.2) is 29.2 Å². The highest BCUT2D eigenvalue weighted by Crippen LogP contribution is 2.17. The van der Waals surface area contributed by atoms with Crippen molar-refractivity contribution < 1.29 is 13.6 Å². The van der Waals surface area contributed by atoms with Gasteiger partial charge in [-0.1, -0.05) is 0 Å². The van der Waals surface area contributed by atoms with E-state index in [1.165, 1.54) is 12.5 Å². The number of rotatable bonds is 3.